The standard InChI is InChI=1S/C13H16N4O3/c1-8(6-9-4-3-5-10(7-9)20-2)14-12(18)11-15-13(19)17-16-11/h3-5,7-8H,6H2,1-2H3,(H,14,18)(H2,15,16,17,19)/t8-/m0/s1. The largest absolute Gasteiger partial charge is 0.497 e. The smallest absolute Gasteiger partial charge is 0.341 e. The number of nitrogens with zero attached hydrogens (tertiary/aromatic N) is 1. The second-order valence-electron chi connectivity index (χ2n) is 4.46. The SMILES string of the molecule is COc1cccc(C[C@H](C)NC(=O)c2n[nH]c(=O)[nH]2)c1. The molecule has 0 saturated heterocycles. The van der Waals surface area contributed by atoms with Crippen molar-refractivity contribution in [3.8, 4) is 5.75 Å². The highest BCUT2D eigenvalue weighted by atomic mass is 16.5. The summed E-state index contributed by atoms with van der Waals surface area (Å²) >= 11 is 0. The molecule has 1 amide bonds. The van der Waals surface area contributed by atoms with E-state index in [9.17, 15) is 9.59 Å². The van der Waals surface area contributed by atoms with Crippen LogP contribution in [-0.4, -0.2) is 34.2 Å². The number of rotatable bonds is 5. The molecule has 0 aliphatic rings. The average molecular weight is 276 g/mol. The van der Waals surface area contributed by atoms with Crippen molar-refractivity contribution in [1.82, 2.24) is 20.5 Å². The zero-order valence-corrected chi connectivity index (χ0v) is 11.3. The second-order valence-corrected chi connectivity index (χ2v) is 4.46. The first-order valence-corrected chi connectivity index (χ1v) is 6.17. The third-order valence-electron chi connectivity index (χ3n) is 2.77. The summed E-state index contributed by atoms with van der Waals surface area (Å²) < 4.78 is 5.15. The Morgan fingerprint density at radius 2 is 2.30 bits per heavy atom. The van der Waals surface area contributed by atoms with Crippen molar-refractivity contribution in [2.24, 2.45) is 0 Å². The highest BCUT2D eigenvalue weighted by Crippen LogP contribution is 2.13. The van der Waals surface area contributed by atoms with Crippen molar-refractivity contribution in [3.63, 3.8) is 0 Å². The Morgan fingerprint density at radius 3 is 2.95 bits per heavy atom. The molecule has 0 unspecified atom stereocenters. The molecule has 0 spiro atoms. The predicted octanol–water partition coefficient (Wildman–Crippen LogP) is 0.468. The Labute approximate surface area is 115 Å². The lowest BCUT2D eigenvalue weighted by Gasteiger charge is -2.13. The molecule has 20 heavy (non-hydrogen) atoms. The van der Waals surface area contributed by atoms with Gasteiger partial charge in [0.05, 0.1) is 7.11 Å². The molecule has 0 aliphatic heterocycles. The fraction of sp³-hybridized carbons (Fsp3) is 0.308. The number of aromatic nitrogens is 3. The monoisotopic (exact) mass is 276 g/mol. The lowest BCUT2D eigenvalue weighted by atomic mass is 10.1. The Hall–Kier alpha value is -2.57. The van der Waals surface area contributed by atoms with Crippen LogP contribution >= 0.6 is 0 Å². The van der Waals surface area contributed by atoms with E-state index in [-0.39, 0.29) is 11.9 Å². The molecular formula is C13H16N4O3. The Bertz CT molecular complexity index is 647. The first-order valence-electron chi connectivity index (χ1n) is 6.17. The lowest BCUT2D eigenvalue weighted by Crippen LogP contribution is -2.34. The number of carbonyl (C=O) groups is 1. The first kappa shape index (κ1) is 13.9. The maximum Gasteiger partial charge on any atom is 0.341 e. The van der Waals surface area contributed by atoms with Crippen LogP contribution < -0.4 is 15.7 Å². The van der Waals surface area contributed by atoms with Gasteiger partial charge in [-0.05, 0) is 31.0 Å². The summed E-state index contributed by atoms with van der Waals surface area (Å²) in [6, 6.07) is 7.53. The first-order chi connectivity index (χ1) is 9.58. The number of aromatic amines is 2. The van der Waals surface area contributed by atoms with E-state index in [1.165, 1.54) is 0 Å². The molecule has 3 N–H and O–H groups in total. The van der Waals surface area contributed by atoms with Crippen molar-refractivity contribution in [1.29, 1.82) is 0 Å². The van der Waals surface area contributed by atoms with Crippen molar-refractivity contribution in [2.45, 2.75) is 19.4 Å². The summed E-state index contributed by atoms with van der Waals surface area (Å²) in [5, 5.41) is 8.49. The van der Waals surface area contributed by atoms with Gasteiger partial charge in [0.15, 0.2) is 0 Å². The summed E-state index contributed by atoms with van der Waals surface area (Å²) in [5.41, 5.74) is 0.545. The molecular weight excluding hydrogens is 260 g/mol. The molecule has 7 nitrogen and oxygen atoms in total. The van der Waals surface area contributed by atoms with E-state index < -0.39 is 11.6 Å². The molecule has 0 fully saturated rings. The predicted molar refractivity (Wildman–Crippen MR) is 72.8 cm³/mol. The molecule has 2 aromatic rings. The van der Waals surface area contributed by atoms with Crippen LogP contribution in [0.3, 0.4) is 0 Å². The number of hydrogen-bond donors (Lipinski definition) is 3. The number of hydrogen-bond acceptors (Lipinski definition) is 4. The van der Waals surface area contributed by atoms with Gasteiger partial charge in [-0.2, -0.15) is 0 Å². The van der Waals surface area contributed by atoms with Crippen LogP contribution in [0.5, 0.6) is 5.75 Å². The molecule has 0 bridgehead atoms. The fourth-order valence-corrected chi connectivity index (χ4v) is 1.87. The average Bonchev–Trinajstić information content (AvgIpc) is 2.85. The van der Waals surface area contributed by atoms with Crippen LogP contribution in [-0.2, 0) is 6.42 Å². The highest BCUT2D eigenvalue weighted by molar-refractivity contribution is 5.90. The van der Waals surface area contributed by atoms with Crippen LogP contribution in [0.25, 0.3) is 0 Å². The summed E-state index contributed by atoms with van der Waals surface area (Å²) in [4.78, 5) is 25.0. The Balaban J connectivity index is 1.96. The van der Waals surface area contributed by atoms with E-state index in [1.54, 1.807) is 7.11 Å². The topological polar surface area (TPSA) is 99.9 Å². The number of H-pyrrole nitrogens is 2. The maximum atomic E-state index is 11.8. The lowest BCUT2D eigenvalue weighted by molar-refractivity contribution is 0.0930. The normalized spacial score (nSPS) is 11.9. The van der Waals surface area contributed by atoms with Gasteiger partial charge in [-0.3, -0.25) is 9.78 Å². The summed E-state index contributed by atoms with van der Waals surface area (Å²) in [5.74, 6) is 0.337. The van der Waals surface area contributed by atoms with E-state index in [0.717, 1.165) is 11.3 Å². The molecule has 1 heterocycles. The number of carbonyl (C=O) groups excluding carboxylic acids is 1. The molecule has 1 aromatic carbocycles. The van der Waals surface area contributed by atoms with Gasteiger partial charge in [-0.25, -0.2) is 9.89 Å². The van der Waals surface area contributed by atoms with E-state index in [0.29, 0.717) is 6.42 Å². The van der Waals surface area contributed by atoms with E-state index >= 15 is 0 Å². The number of benzene rings is 1. The van der Waals surface area contributed by atoms with Gasteiger partial charge >= 0.3 is 5.69 Å². The second kappa shape index (κ2) is 6.05. The number of amides is 1. The van der Waals surface area contributed by atoms with Crippen molar-refractivity contribution >= 4 is 5.91 Å². The van der Waals surface area contributed by atoms with Gasteiger partial charge in [0, 0.05) is 6.04 Å². The molecule has 2 rings (SSSR count). The molecule has 1 aromatic heterocycles. The number of methoxy groups -OCH3 is 1. The maximum absolute atomic E-state index is 11.8. The molecule has 0 aliphatic carbocycles. The van der Waals surface area contributed by atoms with Gasteiger partial charge in [0.1, 0.15) is 5.75 Å². The molecule has 7 heteroatoms. The van der Waals surface area contributed by atoms with Gasteiger partial charge in [0.25, 0.3) is 5.91 Å². The van der Waals surface area contributed by atoms with Gasteiger partial charge in [-0.1, -0.05) is 12.1 Å². The van der Waals surface area contributed by atoms with Crippen molar-refractivity contribution in [3.05, 3.63) is 46.1 Å². The van der Waals surface area contributed by atoms with Crippen LogP contribution in [0, 0.1) is 0 Å². The highest BCUT2D eigenvalue weighted by Gasteiger charge is 2.13. The summed E-state index contributed by atoms with van der Waals surface area (Å²) in [7, 11) is 1.61. The van der Waals surface area contributed by atoms with Crippen LogP contribution in [0.15, 0.2) is 29.1 Å². The van der Waals surface area contributed by atoms with Crippen LogP contribution in [0.2, 0.25) is 0 Å². The van der Waals surface area contributed by atoms with Crippen molar-refractivity contribution < 1.29 is 9.53 Å². The van der Waals surface area contributed by atoms with E-state index in [1.807, 2.05) is 31.2 Å². The zero-order valence-electron chi connectivity index (χ0n) is 11.3. The molecule has 0 saturated carbocycles. The minimum absolute atomic E-state index is 0.0208. The quantitative estimate of drug-likeness (QED) is 0.739. The third kappa shape index (κ3) is 3.47. The summed E-state index contributed by atoms with van der Waals surface area (Å²) in [6.07, 6.45) is 0.650. The number of nitrogens with one attached hydrogen (secondary N) is 3. The Morgan fingerprint density at radius 1 is 1.50 bits per heavy atom. The van der Waals surface area contributed by atoms with Crippen LogP contribution in [0.4, 0.5) is 0 Å². The van der Waals surface area contributed by atoms with Gasteiger partial charge in [-0.15, -0.1) is 5.10 Å². The molecule has 0 radical (unpaired) electrons. The molecule has 1 atom stereocenters. The number of ether oxygens (including phenoxy) is 1. The minimum atomic E-state index is -0.504. The fourth-order valence-electron chi connectivity index (χ4n) is 1.87. The van der Waals surface area contributed by atoms with E-state index in [4.69, 9.17) is 4.74 Å². The minimum Gasteiger partial charge on any atom is -0.497 e. The van der Waals surface area contributed by atoms with E-state index in [2.05, 4.69) is 20.5 Å². The molecule has 106 valence electrons. The van der Waals surface area contributed by atoms with Crippen LogP contribution in [0.1, 0.15) is 23.1 Å². The third-order valence-corrected chi connectivity index (χ3v) is 2.77. The zero-order chi connectivity index (χ0) is 14.5. The van der Waals surface area contributed by atoms with Gasteiger partial charge in [0.2, 0.25) is 5.82 Å². The summed E-state index contributed by atoms with van der Waals surface area (Å²) in [6.45, 7) is 1.88. The van der Waals surface area contributed by atoms with Crippen molar-refractivity contribution in [2.75, 3.05) is 7.11 Å². The van der Waals surface area contributed by atoms with Gasteiger partial charge < -0.3 is 10.1 Å². The Kier molecular flexibility index (Phi) is 4.19.